The fraction of sp³-hybridized carbons (Fsp3) is 0.400. The van der Waals surface area contributed by atoms with Gasteiger partial charge in [0.2, 0.25) is 0 Å². The van der Waals surface area contributed by atoms with Crippen LogP contribution in [-0.2, 0) is 22.0 Å². The summed E-state index contributed by atoms with van der Waals surface area (Å²) in [4.78, 5) is 13.5. The van der Waals surface area contributed by atoms with E-state index in [9.17, 15) is 13.2 Å². The highest BCUT2D eigenvalue weighted by molar-refractivity contribution is 7.89. The highest BCUT2D eigenvalue weighted by atomic mass is 32.2. The van der Waals surface area contributed by atoms with Crippen molar-refractivity contribution < 1.29 is 22.4 Å². The molecule has 5 nitrogen and oxygen atoms in total. The molecule has 0 aliphatic rings. The summed E-state index contributed by atoms with van der Waals surface area (Å²) in [7, 11) is -3.18. The summed E-state index contributed by atoms with van der Waals surface area (Å²) >= 11 is 0. The number of hydrogen-bond acceptors (Lipinski definition) is 5. The molecular weight excluding hydrogens is 412 g/mol. The molecule has 0 N–H and O–H groups in total. The topological polar surface area (TPSA) is 73.6 Å². The monoisotopic (exact) mass is 442 g/mol. The fourth-order valence-electron chi connectivity index (χ4n) is 3.53. The lowest BCUT2D eigenvalue weighted by molar-refractivity contribution is 0.103. The highest BCUT2D eigenvalue weighted by Gasteiger charge is 2.22. The smallest absolute Gasteiger partial charge is 0.197 e. The third-order valence-electron chi connectivity index (χ3n) is 5.12. The Bertz CT molecular complexity index is 1140. The molecule has 0 saturated heterocycles. The normalized spacial score (nSPS) is 11.7. The lowest BCUT2D eigenvalue weighted by atomic mass is 9.97. The third kappa shape index (κ3) is 5.97. The molecular formula is C25H30O5S. The van der Waals surface area contributed by atoms with Crippen molar-refractivity contribution in [1.82, 2.24) is 0 Å². The van der Waals surface area contributed by atoms with Gasteiger partial charge in [0.15, 0.2) is 15.6 Å². The molecule has 3 aromatic rings. The Labute approximate surface area is 184 Å². The van der Waals surface area contributed by atoms with Gasteiger partial charge in [-0.15, -0.1) is 0 Å². The zero-order valence-corrected chi connectivity index (χ0v) is 19.3. The summed E-state index contributed by atoms with van der Waals surface area (Å²) in [6.07, 6.45) is 5.79. The molecule has 0 aliphatic heterocycles. The van der Waals surface area contributed by atoms with Gasteiger partial charge in [-0.25, -0.2) is 8.42 Å². The number of ether oxygens (including phenoxy) is 1. The van der Waals surface area contributed by atoms with Crippen molar-refractivity contribution in [2.24, 2.45) is 0 Å². The number of unbranched alkanes of at least 4 members (excludes halogenated alkanes) is 2. The predicted molar refractivity (Wildman–Crippen MR) is 124 cm³/mol. The average Bonchev–Trinajstić information content (AvgIpc) is 3.08. The molecule has 0 amide bonds. The maximum absolute atomic E-state index is 13.5. The van der Waals surface area contributed by atoms with E-state index in [1.807, 2.05) is 12.1 Å². The van der Waals surface area contributed by atoms with E-state index in [2.05, 4.69) is 13.8 Å². The molecule has 0 atom stereocenters. The molecule has 1 aromatic heterocycles. The Hall–Kier alpha value is -2.60. The summed E-state index contributed by atoms with van der Waals surface area (Å²) < 4.78 is 35.2. The second-order valence-electron chi connectivity index (χ2n) is 7.96. The molecule has 1 heterocycles. The van der Waals surface area contributed by atoms with E-state index in [1.54, 1.807) is 30.3 Å². The molecule has 2 aromatic carbocycles. The number of fused-ring (bicyclic) bond motifs is 1. The van der Waals surface area contributed by atoms with Gasteiger partial charge in [0.25, 0.3) is 0 Å². The van der Waals surface area contributed by atoms with Crippen LogP contribution in [0.4, 0.5) is 0 Å². The van der Waals surface area contributed by atoms with E-state index in [1.165, 1.54) is 6.26 Å². The van der Waals surface area contributed by atoms with Gasteiger partial charge in [0.05, 0.1) is 17.9 Å². The molecule has 0 fully saturated rings. The van der Waals surface area contributed by atoms with E-state index >= 15 is 0 Å². The fourth-order valence-corrected chi connectivity index (χ4v) is 4.32. The second kappa shape index (κ2) is 10.1. The third-order valence-corrected chi connectivity index (χ3v) is 5.98. The zero-order chi connectivity index (χ0) is 22.4. The van der Waals surface area contributed by atoms with Gasteiger partial charge in [0.1, 0.15) is 17.1 Å². The van der Waals surface area contributed by atoms with Gasteiger partial charge >= 0.3 is 0 Å². The Morgan fingerprint density at radius 2 is 1.71 bits per heavy atom. The van der Waals surface area contributed by atoms with Crippen molar-refractivity contribution in [3.63, 3.8) is 0 Å². The van der Waals surface area contributed by atoms with Crippen LogP contribution in [0.2, 0.25) is 0 Å². The number of benzene rings is 2. The lowest BCUT2D eigenvalue weighted by Gasteiger charge is -2.07. The maximum atomic E-state index is 13.5. The van der Waals surface area contributed by atoms with Crippen molar-refractivity contribution >= 4 is 26.6 Å². The average molecular weight is 443 g/mol. The van der Waals surface area contributed by atoms with Crippen LogP contribution in [-0.4, -0.2) is 27.1 Å². The number of aryl methyl sites for hydroxylation is 1. The summed E-state index contributed by atoms with van der Waals surface area (Å²) in [5.74, 6) is 1.20. The lowest BCUT2D eigenvalue weighted by Crippen LogP contribution is -2.05. The van der Waals surface area contributed by atoms with E-state index in [-0.39, 0.29) is 11.5 Å². The first kappa shape index (κ1) is 23.1. The molecule has 0 bridgehead atoms. The maximum Gasteiger partial charge on any atom is 0.197 e. The molecule has 0 spiro atoms. The molecule has 0 aliphatic carbocycles. The first-order valence-electron chi connectivity index (χ1n) is 10.8. The van der Waals surface area contributed by atoms with E-state index in [4.69, 9.17) is 9.15 Å². The summed E-state index contributed by atoms with van der Waals surface area (Å²) in [6.45, 7) is 4.85. The van der Waals surface area contributed by atoms with Gasteiger partial charge in [-0.3, -0.25) is 4.79 Å². The predicted octanol–water partition coefficient (Wildman–Crippen LogP) is 5.73. The standard InChI is InChI=1S/C25H30O5S/c1-4-6-8-23-24(21-16-18(17-31(3,27)28)9-14-22(21)30-23)25(26)19-10-12-20(13-11-19)29-15-7-5-2/h9-14,16H,4-8,15,17H2,1-3H3. The Morgan fingerprint density at radius 3 is 2.35 bits per heavy atom. The Kier molecular flexibility index (Phi) is 7.55. The van der Waals surface area contributed by atoms with Crippen molar-refractivity contribution in [3.05, 3.63) is 64.9 Å². The molecule has 166 valence electrons. The number of furan rings is 1. The van der Waals surface area contributed by atoms with E-state index < -0.39 is 9.84 Å². The zero-order valence-electron chi connectivity index (χ0n) is 18.4. The van der Waals surface area contributed by atoms with Crippen molar-refractivity contribution in [2.75, 3.05) is 12.9 Å². The molecule has 0 saturated carbocycles. The van der Waals surface area contributed by atoms with Crippen LogP contribution in [0.5, 0.6) is 5.75 Å². The first-order valence-corrected chi connectivity index (χ1v) is 12.9. The first-order chi connectivity index (χ1) is 14.8. The summed E-state index contributed by atoms with van der Waals surface area (Å²) in [5, 5.41) is 0.667. The van der Waals surface area contributed by atoms with E-state index in [0.29, 0.717) is 46.4 Å². The van der Waals surface area contributed by atoms with Crippen LogP contribution >= 0.6 is 0 Å². The van der Waals surface area contributed by atoms with Crippen molar-refractivity contribution in [2.45, 2.75) is 51.7 Å². The minimum absolute atomic E-state index is 0.0736. The molecule has 0 radical (unpaired) electrons. The highest BCUT2D eigenvalue weighted by Crippen LogP contribution is 2.31. The summed E-state index contributed by atoms with van der Waals surface area (Å²) in [6, 6.07) is 12.4. The number of carbonyl (C=O) groups is 1. The molecule has 0 unspecified atom stereocenters. The van der Waals surface area contributed by atoms with Crippen LogP contribution in [0.3, 0.4) is 0 Å². The SMILES string of the molecule is CCCCOc1ccc(C(=O)c2c(CCCC)oc3ccc(CS(C)(=O)=O)cc23)cc1. The quantitative estimate of drug-likeness (QED) is 0.280. The number of hydrogen-bond donors (Lipinski definition) is 0. The van der Waals surface area contributed by atoms with Crippen LogP contribution in [0.15, 0.2) is 46.9 Å². The number of ketones is 1. The van der Waals surface area contributed by atoms with E-state index in [0.717, 1.165) is 31.4 Å². The minimum atomic E-state index is -3.18. The minimum Gasteiger partial charge on any atom is -0.494 e. The van der Waals surface area contributed by atoms with Gasteiger partial charge in [-0.05, 0) is 54.8 Å². The number of rotatable bonds is 11. The van der Waals surface area contributed by atoms with Crippen molar-refractivity contribution in [3.8, 4) is 5.75 Å². The molecule has 31 heavy (non-hydrogen) atoms. The summed E-state index contributed by atoms with van der Waals surface area (Å²) in [5.41, 5.74) is 2.33. The Balaban J connectivity index is 1.98. The molecule has 6 heteroatoms. The van der Waals surface area contributed by atoms with Gasteiger partial charge in [-0.1, -0.05) is 32.8 Å². The van der Waals surface area contributed by atoms with Gasteiger partial charge in [-0.2, -0.15) is 0 Å². The molecule has 3 rings (SSSR count). The van der Waals surface area contributed by atoms with Crippen molar-refractivity contribution in [1.29, 1.82) is 0 Å². The Morgan fingerprint density at radius 1 is 1.00 bits per heavy atom. The number of sulfone groups is 1. The van der Waals surface area contributed by atoms with Crippen LogP contribution < -0.4 is 4.74 Å². The van der Waals surface area contributed by atoms with Gasteiger partial charge < -0.3 is 9.15 Å². The van der Waals surface area contributed by atoms with Crippen LogP contribution in [0, 0.1) is 0 Å². The largest absolute Gasteiger partial charge is 0.494 e. The number of carbonyl (C=O) groups excluding carboxylic acids is 1. The van der Waals surface area contributed by atoms with Crippen LogP contribution in [0.1, 0.15) is 66.8 Å². The van der Waals surface area contributed by atoms with Gasteiger partial charge in [0, 0.05) is 23.6 Å². The van der Waals surface area contributed by atoms with Crippen LogP contribution in [0.25, 0.3) is 11.0 Å². The second-order valence-corrected chi connectivity index (χ2v) is 10.1.